The molecule has 3 rings (SSSR count). The summed E-state index contributed by atoms with van der Waals surface area (Å²) < 4.78 is 19.0. The van der Waals surface area contributed by atoms with Crippen molar-refractivity contribution in [1.82, 2.24) is 10.3 Å². The SMILES string of the molecule is O=C(NC1(c2cccc(F)c2)CCOCC1)c1ccc(Cl)nc1. The van der Waals surface area contributed by atoms with Gasteiger partial charge in [-0.15, -0.1) is 0 Å². The Balaban J connectivity index is 1.90. The molecular formula is C17H16ClFN2O2. The number of nitrogens with zero attached hydrogens (tertiary/aromatic N) is 1. The molecule has 120 valence electrons. The summed E-state index contributed by atoms with van der Waals surface area (Å²) in [7, 11) is 0. The zero-order valence-corrected chi connectivity index (χ0v) is 13.1. The first-order chi connectivity index (χ1) is 11.1. The van der Waals surface area contributed by atoms with Gasteiger partial charge in [0.15, 0.2) is 0 Å². The third-order valence-corrected chi connectivity index (χ3v) is 4.29. The minimum Gasteiger partial charge on any atom is -0.381 e. The molecule has 1 amide bonds. The largest absolute Gasteiger partial charge is 0.381 e. The second-order valence-electron chi connectivity index (χ2n) is 5.53. The standard InChI is InChI=1S/C17H16ClFN2O2/c18-15-5-4-12(11-20-15)16(22)21-17(6-8-23-9-7-17)13-2-1-3-14(19)10-13/h1-5,10-11H,6-9H2,(H,21,22). The van der Waals surface area contributed by atoms with Crippen LogP contribution in [0, 0.1) is 5.82 Å². The lowest BCUT2D eigenvalue weighted by Gasteiger charge is -2.38. The van der Waals surface area contributed by atoms with Gasteiger partial charge in [-0.05, 0) is 42.7 Å². The van der Waals surface area contributed by atoms with E-state index in [-0.39, 0.29) is 11.7 Å². The molecule has 0 radical (unpaired) electrons. The molecule has 1 aromatic carbocycles. The van der Waals surface area contributed by atoms with Crippen LogP contribution in [0.2, 0.25) is 5.15 Å². The van der Waals surface area contributed by atoms with Crippen LogP contribution in [0.3, 0.4) is 0 Å². The maximum absolute atomic E-state index is 13.6. The van der Waals surface area contributed by atoms with Crippen LogP contribution >= 0.6 is 11.6 Å². The second-order valence-corrected chi connectivity index (χ2v) is 5.92. The van der Waals surface area contributed by atoms with E-state index in [1.54, 1.807) is 18.2 Å². The molecule has 0 unspecified atom stereocenters. The summed E-state index contributed by atoms with van der Waals surface area (Å²) >= 11 is 5.75. The van der Waals surface area contributed by atoms with Gasteiger partial charge in [-0.25, -0.2) is 9.37 Å². The van der Waals surface area contributed by atoms with Gasteiger partial charge in [0.1, 0.15) is 11.0 Å². The van der Waals surface area contributed by atoms with Gasteiger partial charge < -0.3 is 10.1 Å². The topological polar surface area (TPSA) is 51.2 Å². The fourth-order valence-electron chi connectivity index (χ4n) is 2.79. The number of carbonyl (C=O) groups is 1. The highest BCUT2D eigenvalue weighted by Crippen LogP contribution is 2.33. The predicted molar refractivity (Wildman–Crippen MR) is 84.8 cm³/mol. The van der Waals surface area contributed by atoms with E-state index in [0.29, 0.717) is 36.8 Å². The normalized spacial score (nSPS) is 16.8. The Labute approximate surface area is 138 Å². The number of carbonyl (C=O) groups excluding carboxylic acids is 1. The van der Waals surface area contributed by atoms with Crippen LogP contribution in [0.5, 0.6) is 0 Å². The monoisotopic (exact) mass is 334 g/mol. The van der Waals surface area contributed by atoms with Gasteiger partial charge in [-0.2, -0.15) is 0 Å². The van der Waals surface area contributed by atoms with Crippen molar-refractivity contribution in [3.05, 3.63) is 64.7 Å². The summed E-state index contributed by atoms with van der Waals surface area (Å²) in [6, 6.07) is 9.51. The van der Waals surface area contributed by atoms with E-state index in [9.17, 15) is 9.18 Å². The number of hydrogen-bond acceptors (Lipinski definition) is 3. The first-order valence-electron chi connectivity index (χ1n) is 7.37. The van der Waals surface area contributed by atoms with Crippen LogP contribution in [-0.4, -0.2) is 24.1 Å². The zero-order chi connectivity index (χ0) is 16.3. The molecule has 1 aliphatic rings. The Hall–Kier alpha value is -1.98. The van der Waals surface area contributed by atoms with Crippen molar-refractivity contribution in [2.45, 2.75) is 18.4 Å². The third-order valence-electron chi connectivity index (χ3n) is 4.07. The van der Waals surface area contributed by atoms with E-state index >= 15 is 0 Å². The summed E-state index contributed by atoms with van der Waals surface area (Å²) in [5, 5.41) is 3.37. The van der Waals surface area contributed by atoms with E-state index in [1.165, 1.54) is 18.3 Å². The van der Waals surface area contributed by atoms with Crippen molar-refractivity contribution in [3.8, 4) is 0 Å². The minimum absolute atomic E-state index is 0.264. The van der Waals surface area contributed by atoms with Crippen LogP contribution in [0.25, 0.3) is 0 Å². The average molecular weight is 335 g/mol. The molecule has 0 spiro atoms. The number of hydrogen-bond donors (Lipinski definition) is 1. The van der Waals surface area contributed by atoms with Gasteiger partial charge in [0.05, 0.1) is 11.1 Å². The molecule has 1 aromatic heterocycles. The number of nitrogens with one attached hydrogen (secondary N) is 1. The fraction of sp³-hybridized carbons (Fsp3) is 0.294. The molecule has 0 saturated carbocycles. The summed E-state index contributed by atoms with van der Waals surface area (Å²) in [4.78, 5) is 16.5. The first kappa shape index (κ1) is 15.9. The number of rotatable bonds is 3. The molecule has 23 heavy (non-hydrogen) atoms. The molecule has 1 N–H and O–H groups in total. The maximum atomic E-state index is 13.6. The number of amides is 1. The number of pyridine rings is 1. The lowest BCUT2D eigenvalue weighted by atomic mass is 9.82. The quantitative estimate of drug-likeness (QED) is 0.876. The van der Waals surface area contributed by atoms with Crippen molar-refractivity contribution in [2.75, 3.05) is 13.2 Å². The fourth-order valence-corrected chi connectivity index (χ4v) is 2.90. The molecule has 0 atom stereocenters. The van der Waals surface area contributed by atoms with Gasteiger partial charge in [-0.1, -0.05) is 23.7 Å². The number of aromatic nitrogens is 1. The van der Waals surface area contributed by atoms with Crippen molar-refractivity contribution in [1.29, 1.82) is 0 Å². The number of benzene rings is 1. The lowest BCUT2D eigenvalue weighted by molar-refractivity contribution is 0.0344. The van der Waals surface area contributed by atoms with E-state index < -0.39 is 5.54 Å². The summed E-state index contributed by atoms with van der Waals surface area (Å²) in [5.74, 6) is -0.587. The Kier molecular flexibility index (Phi) is 4.59. The summed E-state index contributed by atoms with van der Waals surface area (Å²) in [5.41, 5.74) is 0.518. The van der Waals surface area contributed by atoms with Crippen LogP contribution in [0.15, 0.2) is 42.6 Å². The third kappa shape index (κ3) is 3.51. The van der Waals surface area contributed by atoms with Crippen molar-refractivity contribution >= 4 is 17.5 Å². The van der Waals surface area contributed by atoms with Crippen LogP contribution < -0.4 is 5.32 Å². The van der Waals surface area contributed by atoms with Gasteiger partial charge >= 0.3 is 0 Å². The minimum atomic E-state index is -0.642. The van der Waals surface area contributed by atoms with Gasteiger partial charge in [0, 0.05) is 19.4 Å². The van der Waals surface area contributed by atoms with E-state index in [4.69, 9.17) is 16.3 Å². The van der Waals surface area contributed by atoms with E-state index in [0.717, 1.165) is 5.56 Å². The molecular weight excluding hydrogens is 319 g/mol. The summed E-state index contributed by atoms with van der Waals surface area (Å²) in [6.45, 7) is 1.02. The van der Waals surface area contributed by atoms with Gasteiger partial charge in [-0.3, -0.25) is 4.79 Å². The Morgan fingerprint density at radius 2 is 2.04 bits per heavy atom. The average Bonchev–Trinajstić information content (AvgIpc) is 2.56. The van der Waals surface area contributed by atoms with Crippen LogP contribution in [0.4, 0.5) is 4.39 Å². The molecule has 6 heteroatoms. The molecule has 1 saturated heterocycles. The number of ether oxygens (including phenoxy) is 1. The molecule has 2 heterocycles. The highest BCUT2D eigenvalue weighted by molar-refractivity contribution is 6.29. The van der Waals surface area contributed by atoms with Crippen molar-refractivity contribution in [2.24, 2.45) is 0 Å². The highest BCUT2D eigenvalue weighted by atomic mass is 35.5. The molecule has 4 nitrogen and oxygen atoms in total. The van der Waals surface area contributed by atoms with Gasteiger partial charge in [0.25, 0.3) is 5.91 Å². The summed E-state index contributed by atoms with van der Waals surface area (Å²) in [6.07, 6.45) is 2.60. The van der Waals surface area contributed by atoms with Crippen LogP contribution in [0.1, 0.15) is 28.8 Å². The highest BCUT2D eigenvalue weighted by Gasteiger charge is 2.36. The Morgan fingerprint density at radius 1 is 1.26 bits per heavy atom. The maximum Gasteiger partial charge on any atom is 0.253 e. The molecule has 1 fully saturated rings. The van der Waals surface area contributed by atoms with Crippen molar-refractivity contribution in [3.63, 3.8) is 0 Å². The molecule has 0 bridgehead atoms. The Morgan fingerprint density at radius 3 is 2.70 bits per heavy atom. The molecule has 2 aromatic rings. The lowest BCUT2D eigenvalue weighted by Crippen LogP contribution is -2.49. The smallest absolute Gasteiger partial charge is 0.253 e. The van der Waals surface area contributed by atoms with E-state index in [1.807, 2.05) is 6.07 Å². The van der Waals surface area contributed by atoms with Crippen LogP contribution in [-0.2, 0) is 10.3 Å². The van der Waals surface area contributed by atoms with Crippen molar-refractivity contribution < 1.29 is 13.9 Å². The first-order valence-corrected chi connectivity index (χ1v) is 7.75. The zero-order valence-electron chi connectivity index (χ0n) is 12.4. The molecule has 0 aliphatic carbocycles. The van der Waals surface area contributed by atoms with E-state index in [2.05, 4.69) is 10.3 Å². The second kappa shape index (κ2) is 6.64. The van der Waals surface area contributed by atoms with Gasteiger partial charge in [0.2, 0.25) is 0 Å². The molecule has 1 aliphatic heterocycles. The predicted octanol–water partition coefficient (Wildman–Crippen LogP) is 3.31. The number of halogens is 2. The Bertz CT molecular complexity index is 700.